The predicted octanol–water partition coefficient (Wildman–Crippen LogP) is 2.02. The number of nitrogens with zero attached hydrogens (tertiary/aromatic N) is 1. The number of benzene rings is 1. The van der Waals surface area contributed by atoms with Crippen molar-refractivity contribution in [3.63, 3.8) is 0 Å². The van der Waals surface area contributed by atoms with E-state index in [2.05, 4.69) is 7.05 Å². The van der Waals surface area contributed by atoms with Crippen molar-refractivity contribution in [1.82, 2.24) is 0 Å². The zero-order valence-corrected chi connectivity index (χ0v) is 14.6. The highest BCUT2D eigenvalue weighted by Crippen LogP contribution is 2.54. The number of phenolic OH excluding ortho intramolecular Hbond substituents is 1. The van der Waals surface area contributed by atoms with Gasteiger partial charge < -0.3 is 19.1 Å². The lowest BCUT2D eigenvalue weighted by Crippen LogP contribution is -2.63. The number of quaternary nitrogens is 1. The lowest BCUT2D eigenvalue weighted by atomic mass is 9.94. The monoisotopic (exact) mass is 344 g/mol. The predicted molar refractivity (Wildman–Crippen MR) is 90.9 cm³/mol. The molecule has 2 bridgehead atoms. The molecule has 1 aliphatic carbocycles. The van der Waals surface area contributed by atoms with Gasteiger partial charge in [0.05, 0.1) is 20.0 Å². The summed E-state index contributed by atoms with van der Waals surface area (Å²) in [6, 6.07) is 7.75. The lowest BCUT2D eigenvalue weighted by Gasteiger charge is -2.48. The Morgan fingerprint density at radius 2 is 1.84 bits per heavy atom. The third-order valence-corrected chi connectivity index (χ3v) is 6.78. The van der Waals surface area contributed by atoms with E-state index in [1.165, 1.54) is 19.4 Å². The zero-order chi connectivity index (χ0) is 17.2. The fourth-order valence-electron chi connectivity index (χ4n) is 5.29. The fraction of sp³-hybridized carbons (Fsp3) is 0.650. The van der Waals surface area contributed by atoms with Gasteiger partial charge in [-0.15, -0.1) is 0 Å². The van der Waals surface area contributed by atoms with Crippen molar-refractivity contribution in [2.45, 2.75) is 62.5 Å². The first kappa shape index (κ1) is 15.6. The van der Waals surface area contributed by atoms with E-state index >= 15 is 0 Å². The number of rotatable bonds is 5. The Labute approximate surface area is 148 Å². The highest BCUT2D eigenvalue weighted by atomic mass is 16.6. The number of morpholine rings is 1. The minimum Gasteiger partial charge on any atom is -0.508 e. The zero-order valence-electron chi connectivity index (χ0n) is 14.6. The van der Waals surface area contributed by atoms with Crippen molar-refractivity contribution in [3.05, 3.63) is 29.8 Å². The number of fused-ring (bicyclic) bond motifs is 5. The molecule has 5 nitrogen and oxygen atoms in total. The van der Waals surface area contributed by atoms with Gasteiger partial charge in [0, 0.05) is 18.8 Å². The van der Waals surface area contributed by atoms with Gasteiger partial charge >= 0.3 is 5.97 Å². The minimum absolute atomic E-state index is 0.0291. The van der Waals surface area contributed by atoms with E-state index in [4.69, 9.17) is 9.47 Å². The van der Waals surface area contributed by atoms with Crippen LogP contribution in [0.3, 0.4) is 0 Å². The number of piperidine rings is 1. The van der Waals surface area contributed by atoms with E-state index in [0.717, 1.165) is 28.8 Å². The Hall–Kier alpha value is -1.59. The van der Waals surface area contributed by atoms with Gasteiger partial charge in [-0.05, 0) is 30.5 Å². The standard InChI is InChI=1S/C20H25NO4/c1-21(11-13-2-3-13)16-9-15(10-17(21)20-19(16)25-20)24-18(23)8-12-4-6-14(22)7-5-12/h4-7,13,15-17,19-20H,2-3,8-11H2,1H3/p+1/t15?,16-,17+,19-,20+,21?. The molecule has 0 aromatic heterocycles. The molecule has 3 saturated heterocycles. The number of hydrogen-bond acceptors (Lipinski definition) is 4. The van der Waals surface area contributed by atoms with E-state index in [-0.39, 0.29) is 24.2 Å². The van der Waals surface area contributed by atoms with Gasteiger partial charge in [0.1, 0.15) is 36.1 Å². The van der Waals surface area contributed by atoms with Crippen molar-refractivity contribution in [3.8, 4) is 5.75 Å². The van der Waals surface area contributed by atoms with Crippen LogP contribution < -0.4 is 0 Å². The summed E-state index contributed by atoms with van der Waals surface area (Å²) in [5, 5.41) is 9.33. The second-order valence-corrected chi connectivity index (χ2v) is 8.60. The minimum atomic E-state index is -0.164. The number of aromatic hydroxyl groups is 1. The van der Waals surface area contributed by atoms with E-state index in [9.17, 15) is 9.90 Å². The first-order valence-corrected chi connectivity index (χ1v) is 9.51. The number of esters is 1. The molecule has 25 heavy (non-hydrogen) atoms. The van der Waals surface area contributed by atoms with Crippen LogP contribution in [-0.2, 0) is 20.7 Å². The highest BCUT2D eigenvalue weighted by Gasteiger charge is 2.72. The van der Waals surface area contributed by atoms with Gasteiger partial charge in [0.25, 0.3) is 0 Å². The molecule has 2 unspecified atom stereocenters. The SMILES string of the molecule is C[N+]1(CC2CC2)[C@@H]2CC(OC(=O)Cc3ccc(O)cc3)C[C@H]1[C@@H]1O[C@@H]12. The van der Waals surface area contributed by atoms with Crippen molar-refractivity contribution >= 4 is 5.97 Å². The first-order valence-electron chi connectivity index (χ1n) is 9.51. The first-order chi connectivity index (χ1) is 12.0. The van der Waals surface area contributed by atoms with Crippen LogP contribution in [0.15, 0.2) is 24.3 Å². The molecule has 0 amide bonds. The topological polar surface area (TPSA) is 59.1 Å². The molecule has 134 valence electrons. The molecule has 1 aromatic carbocycles. The number of epoxide rings is 1. The summed E-state index contributed by atoms with van der Waals surface area (Å²) >= 11 is 0. The molecular weight excluding hydrogens is 318 g/mol. The van der Waals surface area contributed by atoms with E-state index in [0.29, 0.717) is 24.3 Å². The molecule has 3 aliphatic heterocycles. The Morgan fingerprint density at radius 1 is 1.20 bits per heavy atom. The van der Waals surface area contributed by atoms with Crippen molar-refractivity contribution < 1.29 is 23.9 Å². The van der Waals surface area contributed by atoms with Crippen LogP contribution in [0.5, 0.6) is 5.75 Å². The summed E-state index contributed by atoms with van der Waals surface area (Å²) < 4.78 is 12.9. The van der Waals surface area contributed by atoms with Gasteiger partial charge in [0.2, 0.25) is 0 Å². The summed E-state index contributed by atoms with van der Waals surface area (Å²) in [6.07, 6.45) is 5.72. The van der Waals surface area contributed by atoms with Gasteiger partial charge in [-0.3, -0.25) is 4.79 Å². The summed E-state index contributed by atoms with van der Waals surface area (Å²) in [5.41, 5.74) is 0.877. The van der Waals surface area contributed by atoms with Gasteiger partial charge in [-0.2, -0.15) is 0 Å². The summed E-state index contributed by atoms with van der Waals surface area (Å²) in [7, 11) is 2.40. The van der Waals surface area contributed by atoms with Crippen LogP contribution in [0.1, 0.15) is 31.2 Å². The van der Waals surface area contributed by atoms with Crippen molar-refractivity contribution in [2.75, 3.05) is 13.6 Å². The van der Waals surface area contributed by atoms with Crippen LogP contribution >= 0.6 is 0 Å². The molecule has 5 rings (SSSR count). The lowest BCUT2D eigenvalue weighted by molar-refractivity contribution is -0.957. The van der Waals surface area contributed by atoms with Crippen molar-refractivity contribution in [1.29, 1.82) is 0 Å². The Morgan fingerprint density at radius 3 is 2.44 bits per heavy atom. The molecule has 0 radical (unpaired) electrons. The molecule has 6 atom stereocenters. The summed E-state index contributed by atoms with van der Waals surface area (Å²) in [4.78, 5) is 12.3. The van der Waals surface area contributed by atoms with Crippen LogP contribution in [-0.4, -0.2) is 59.5 Å². The number of likely N-dealkylation sites (N-methyl/N-ethyl adjacent to an activating group) is 1. The van der Waals surface area contributed by atoms with E-state index in [1.807, 2.05) is 0 Å². The smallest absolute Gasteiger partial charge is 0.310 e. The second kappa shape index (κ2) is 5.45. The maximum Gasteiger partial charge on any atom is 0.310 e. The molecule has 1 N–H and O–H groups in total. The largest absolute Gasteiger partial charge is 0.508 e. The van der Waals surface area contributed by atoms with Gasteiger partial charge in [-0.25, -0.2) is 0 Å². The fourth-order valence-corrected chi connectivity index (χ4v) is 5.29. The maximum atomic E-state index is 12.3. The van der Waals surface area contributed by atoms with E-state index in [1.54, 1.807) is 24.3 Å². The number of carbonyl (C=O) groups is 1. The molecule has 1 saturated carbocycles. The number of ether oxygens (including phenoxy) is 2. The molecule has 1 aromatic rings. The molecule has 4 aliphatic rings. The third-order valence-electron chi connectivity index (χ3n) is 6.78. The quantitative estimate of drug-likeness (QED) is 0.504. The van der Waals surface area contributed by atoms with Crippen molar-refractivity contribution in [2.24, 2.45) is 5.92 Å². The average molecular weight is 344 g/mol. The Bertz CT molecular complexity index is 665. The van der Waals surface area contributed by atoms with Gasteiger partial charge in [0.15, 0.2) is 0 Å². The highest BCUT2D eigenvalue weighted by molar-refractivity contribution is 5.72. The third kappa shape index (κ3) is 2.74. The molecule has 5 heteroatoms. The molecule has 4 fully saturated rings. The maximum absolute atomic E-state index is 12.3. The van der Waals surface area contributed by atoms with Gasteiger partial charge in [-0.1, -0.05) is 12.1 Å². The average Bonchev–Trinajstić information content (AvgIpc) is 3.44. The molecule has 3 heterocycles. The normalized spacial score (nSPS) is 41.2. The number of hydrogen-bond donors (Lipinski definition) is 1. The number of carbonyl (C=O) groups excluding carboxylic acids is 1. The van der Waals surface area contributed by atoms with Crippen LogP contribution in [0.2, 0.25) is 0 Å². The Kier molecular flexibility index (Phi) is 3.41. The Balaban J connectivity index is 1.22. The summed E-state index contributed by atoms with van der Waals surface area (Å²) in [5.74, 6) is 0.956. The molecule has 0 spiro atoms. The number of phenols is 1. The molecular formula is C20H26NO4+. The van der Waals surface area contributed by atoms with Crippen LogP contribution in [0, 0.1) is 5.92 Å². The van der Waals surface area contributed by atoms with E-state index < -0.39 is 0 Å². The summed E-state index contributed by atoms with van der Waals surface area (Å²) in [6.45, 7) is 1.28. The van der Waals surface area contributed by atoms with Crippen LogP contribution in [0.25, 0.3) is 0 Å². The van der Waals surface area contributed by atoms with Crippen LogP contribution in [0.4, 0.5) is 0 Å². The second-order valence-electron chi connectivity index (χ2n) is 8.60.